The van der Waals surface area contributed by atoms with Crippen molar-refractivity contribution in [3.05, 3.63) is 23.8 Å². The lowest BCUT2D eigenvalue weighted by atomic mass is 10.1. The van der Waals surface area contributed by atoms with Crippen molar-refractivity contribution in [1.82, 2.24) is 15.1 Å². The van der Waals surface area contributed by atoms with Crippen LogP contribution < -0.4 is 14.8 Å². The molecule has 2 atom stereocenters. The van der Waals surface area contributed by atoms with Crippen molar-refractivity contribution in [3.8, 4) is 11.5 Å². The first-order valence-corrected chi connectivity index (χ1v) is 9.00. The molecule has 0 bridgehead atoms. The zero-order chi connectivity index (χ0) is 18.4. The highest BCUT2D eigenvalue weighted by molar-refractivity contribution is 5.80. The largest absolute Gasteiger partial charge is 0.490 e. The van der Waals surface area contributed by atoms with Crippen molar-refractivity contribution in [1.29, 1.82) is 0 Å². The van der Waals surface area contributed by atoms with E-state index in [4.69, 9.17) is 9.47 Å². The SMILES string of the molecule is CCOc1cc(CN2CCN[C@@H](C)C2)ccc1OC(C)C(=O)N(C)C. The molecule has 1 amide bonds. The molecule has 2 rings (SSSR count). The lowest BCUT2D eigenvalue weighted by Gasteiger charge is -2.32. The van der Waals surface area contributed by atoms with Crippen LogP contribution in [0.15, 0.2) is 18.2 Å². The van der Waals surface area contributed by atoms with Gasteiger partial charge in [0.2, 0.25) is 0 Å². The van der Waals surface area contributed by atoms with Crippen molar-refractivity contribution >= 4 is 5.91 Å². The van der Waals surface area contributed by atoms with Gasteiger partial charge in [-0.15, -0.1) is 0 Å². The van der Waals surface area contributed by atoms with E-state index in [2.05, 4.69) is 23.2 Å². The standard InChI is InChI=1S/C19H31N3O3/c1-6-24-18-11-16(13-22-10-9-20-14(2)12-22)7-8-17(18)25-15(3)19(23)21(4)5/h7-8,11,14-15,20H,6,9-10,12-13H2,1-5H3/t14-,15?/m0/s1. The van der Waals surface area contributed by atoms with E-state index in [1.807, 2.05) is 19.1 Å². The van der Waals surface area contributed by atoms with Gasteiger partial charge in [-0.25, -0.2) is 0 Å². The van der Waals surface area contributed by atoms with Gasteiger partial charge in [0, 0.05) is 46.3 Å². The molecule has 0 aliphatic carbocycles. The maximum atomic E-state index is 12.0. The minimum atomic E-state index is -0.547. The molecular weight excluding hydrogens is 318 g/mol. The fourth-order valence-corrected chi connectivity index (χ4v) is 3.03. The minimum Gasteiger partial charge on any atom is -0.490 e. The van der Waals surface area contributed by atoms with Gasteiger partial charge in [-0.3, -0.25) is 9.69 Å². The van der Waals surface area contributed by atoms with Crippen LogP contribution in [0.4, 0.5) is 0 Å². The maximum Gasteiger partial charge on any atom is 0.262 e. The molecule has 6 nitrogen and oxygen atoms in total. The van der Waals surface area contributed by atoms with Crippen molar-refractivity contribution < 1.29 is 14.3 Å². The molecule has 140 valence electrons. The number of hydrogen-bond donors (Lipinski definition) is 1. The van der Waals surface area contributed by atoms with Crippen LogP contribution >= 0.6 is 0 Å². The molecule has 1 unspecified atom stereocenters. The Morgan fingerprint density at radius 3 is 2.80 bits per heavy atom. The smallest absolute Gasteiger partial charge is 0.262 e. The van der Waals surface area contributed by atoms with Crippen LogP contribution in [0.25, 0.3) is 0 Å². The highest BCUT2D eigenvalue weighted by Gasteiger charge is 2.20. The summed E-state index contributed by atoms with van der Waals surface area (Å²) >= 11 is 0. The van der Waals surface area contributed by atoms with Gasteiger partial charge in [-0.2, -0.15) is 0 Å². The number of rotatable bonds is 7. The fraction of sp³-hybridized carbons (Fsp3) is 0.632. The Morgan fingerprint density at radius 2 is 2.16 bits per heavy atom. The van der Waals surface area contributed by atoms with Gasteiger partial charge in [0.1, 0.15) is 0 Å². The van der Waals surface area contributed by atoms with Gasteiger partial charge in [0.15, 0.2) is 17.6 Å². The van der Waals surface area contributed by atoms with Gasteiger partial charge in [0.25, 0.3) is 5.91 Å². The summed E-state index contributed by atoms with van der Waals surface area (Å²) in [5.74, 6) is 1.24. The Hall–Kier alpha value is -1.79. The molecule has 0 spiro atoms. The first kappa shape index (κ1) is 19.5. The predicted octanol–water partition coefficient (Wildman–Crippen LogP) is 1.73. The second-order valence-electron chi connectivity index (χ2n) is 6.80. The minimum absolute atomic E-state index is 0.0682. The average molecular weight is 349 g/mol. The topological polar surface area (TPSA) is 54.0 Å². The third kappa shape index (κ3) is 5.61. The molecule has 6 heteroatoms. The lowest BCUT2D eigenvalue weighted by Crippen LogP contribution is -2.48. The van der Waals surface area contributed by atoms with Crippen LogP contribution in [0.5, 0.6) is 11.5 Å². The van der Waals surface area contributed by atoms with E-state index in [0.29, 0.717) is 24.1 Å². The molecule has 0 radical (unpaired) electrons. The van der Waals surface area contributed by atoms with E-state index < -0.39 is 6.10 Å². The quantitative estimate of drug-likeness (QED) is 0.813. The second-order valence-corrected chi connectivity index (χ2v) is 6.80. The Bertz CT molecular complexity index is 577. The zero-order valence-corrected chi connectivity index (χ0v) is 16.0. The lowest BCUT2D eigenvalue weighted by molar-refractivity contribution is -0.135. The number of nitrogens with one attached hydrogen (secondary N) is 1. The Kier molecular flexibility index (Phi) is 7.08. The number of likely N-dealkylation sites (N-methyl/N-ethyl adjacent to an activating group) is 1. The summed E-state index contributed by atoms with van der Waals surface area (Å²) in [5.41, 5.74) is 1.19. The van der Waals surface area contributed by atoms with Crippen LogP contribution in [0, 0.1) is 0 Å². The number of ether oxygens (including phenoxy) is 2. The first-order chi connectivity index (χ1) is 11.9. The van der Waals surface area contributed by atoms with E-state index in [1.54, 1.807) is 21.0 Å². The molecule has 0 aromatic heterocycles. The summed E-state index contributed by atoms with van der Waals surface area (Å²) < 4.78 is 11.6. The summed E-state index contributed by atoms with van der Waals surface area (Å²) in [6.07, 6.45) is -0.547. The van der Waals surface area contributed by atoms with Gasteiger partial charge in [-0.1, -0.05) is 6.07 Å². The highest BCUT2D eigenvalue weighted by atomic mass is 16.5. The monoisotopic (exact) mass is 349 g/mol. The zero-order valence-electron chi connectivity index (χ0n) is 16.0. The van der Waals surface area contributed by atoms with Crippen molar-refractivity contribution in [2.24, 2.45) is 0 Å². The van der Waals surface area contributed by atoms with Gasteiger partial charge >= 0.3 is 0 Å². The molecular formula is C19H31N3O3. The molecule has 1 aromatic rings. The molecule has 1 N–H and O–H groups in total. The van der Waals surface area contributed by atoms with Crippen molar-refractivity contribution in [2.75, 3.05) is 40.3 Å². The Labute approximate surface area is 151 Å². The molecule has 0 saturated carbocycles. The Balaban J connectivity index is 2.09. The van der Waals surface area contributed by atoms with Crippen LogP contribution in [0.2, 0.25) is 0 Å². The summed E-state index contributed by atoms with van der Waals surface area (Å²) in [4.78, 5) is 16.0. The Morgan fingerprint density at radius 1 is 1.40 bits per heavy atom. The summed E-state index contributed by atoms with van der Waals surface area (Å²) in [5, 5.41) is 3.46. The molecule has 1 saturated heterocycles. The van der Waals surface area contributed by atoms with Crippen LogP contribution in [-0.4, -0.2) is 68.2 Å². The maximum absolute atomic E-state index is 12.0. The second kappa shape index (κ2) is 9.06. The molecule has 1 heterocycles. The van der Waals surface area contributed by atoms with E-state index >= 15 is 0 Å². The van der Waals surface area contributed by atoms with Gasteiger partial charge < -0.3 is 19.7 Å². The summed E-state index contributed by atoms with van der Waals surface area (Å²) in [6, 6.07) is 6.50. The fourth-order valence-electron chi connectivity index (χ4n) is 3.03. The highest BCUT2D eigenvalue weighted by Crippen LogP contribution is 2.30. The van der Waals surface area contributed by atoms with E-state index in [-0.39, 0.29) is 5.91 Å². The van der Waals surface area contributed by atoms with Crippen LogP contribution in [0.3, 0.4) is 0 Å². The van der Waals surface area contributed by atoms with Crippen LogP contribution in [-0.2, 0) is 11.3 Å². The van der Waals surface area contributed by atoms with E-state index in [0.717, 1.165) is 26.2 Å². The number of amides is 1. The number of benzene rings is 1. The first-order valence-electron chi connectivity index (χ1n) is 9.00. The van der Waals surface area contributed by atoms with Crippen LogP contribution in [0.1, 0.15) is 26.3 Å². The van der Waals surface area contributed by atoms with Gasteiger partial charge in [0.05, 0.1) is 6.61 Å². The molecule has 1 aromatic carbocycles. The van der Waals surface area contributed by atoms with E-state index in [9.17, 15) is 4.79 Å². The third-order valence-electron chi connectivity index (χ3n) is 4.26. The molecule has 1 fully saturated rings. The number of carbonyl (C=O) groups excluding carboxylic acids is 1. The third-order valence-corrected chi connectivity index (χ3v) is 4.26. The summed E-state index contributed by atoms with van der Waals surface area (Å²) in [7, 11) is 3.45. The van der Waals surface area contributed by atoms with E-state index in [1.165, 1.54) is 10.5 Å². The molecule has 1 aliphatic rings. The summed E-state index contributed by atoms with van der Waals surface area (Å²) in [6.45, 7) is 10.5. The number of hydrogen-bond acceptors (Lipinski definition) is 5. The molecule has 25 heavy (non-hydrogen) atoms. The van der Waals surface area contributed by atoms with Crippen molar-refractivity contribution in [3.63, 3.8) is 0 Å². The predicted molar refractivity (Wildman–Crippen MR) is 99.1 cm³/mol. The van der Waals surface area contributed by atoms with Crippen molar-refractivity contribution in [2.45, 2.75) is 39.5 Å². The number of carbonyl (C=O) groups is 1. The number of nitrogens with zero attached hydrogens (tertiary/aromatic N) is 2. The average Bonchev–Trinajstić information content (AvgIpc) is 2.56. The number of piperazine rings is 1. The molecule has 1 aliphatic heterocycles. The normalized spacial score (nSPS) is 19.3. The van der Waals surface area contributed by atoms with Gasteiger partial charge in [-0.05, 0) is 38.5 Å².